The predicted octanol–water partition coefficient (Wildman–Crippen LogP) is 0.715. The maximum Gasteiger partial charge on any atom is 0.268 e. The molecule has 156 valence electrons. The molecule has 8 nitrogen and oxygen atoms in total. The Morgan fingerprint density at radius 2 is 1.87 bits per heavy atom. The first kappa shape index (κ1) is 22.8. The van der Waals surface area contributed by atoms with Crippen LogP contribution in [0.15, 0.2) is 30.5 Å². The number of nitrogens with two attached hydrogens (primary N) is 2. The minimum Gasteiger partial charge on any atom is -0.375 e. The van der Waals surface area contributed by atoms with Crippen LogP contribution in [0.1, 0.15) is 27.7 Å². The first-order valence-electron chi connectivity index (χ1n) is 8.30. The number of alkyl halides is 2. The molecule has 2 atom stereocenters. The first-order chi connectivity index (χ1) is 14.1. The summed E-state index contributed by atoms with van der Waals surface area (Å²) in [5.74, 6) is 8.75. The van der Waals surface area contributed by atoms with E-state index >= 15 is 0 Å². The van der Waals surface area contributed by atoms with Gasteiger partial charge in [0.05, 0.1) is 11.1 Å². The molecule has 0 spiro atoms. The van der Waals surface area contributed by atoms with Crippen molar-refractivity contribution in [2.75, 3.05) is 5.73 Å². The predicted molar refractivity (Wildman–Crippen MR) is 107 cm³/mol. The molecule has 0 saturated heterocycles. The Morgan fingerprint density at radius 1 is 1.23 bits per heavy atom. The maximum atomic E-state index is 13.1. The van der Waals surface area contributed by atoms with Crippen molar-refractivity contribution in [2.45, 2.75) is 24.9 Å². The lowest BCUT2D eigenvalue weighted by atomic mass is 9.92. The molecule has 0 aliphatic heterocycles. The molecule has 0 aliphatic rings. The molecule has 1 heterocycles. The molecule has 2 rings (SSSR count). The number of carbonyl (C=O) groups is 2. The van der Waals surface area contributed by atoms with Gasteiger partial charge in [0.1, 0.15) is 11.6 Å². The number of hydrogen-bond donors (Lipinski definition) is 5. The van der Waals surface area contributed by atoms with Gasteiger partial charge in [-0.05, 0) is 49.0 Å². The molecule has 0 fully saturated rings. The zero-order valence-corrected chi connectivity index (χ0v) is 16.4. The van der Waals surface area contributed by atoms with Gasteiger partial charge in [0.2, 0.25) is 0 Å². The standard InChI is InChI=1S/C19H17F2N5O3S/c1-19(23,17(20)21)14(16(28)26-29)25-15(27)12-8-6-11(7-9-12)4-2-3-5-13-10-24-18(22)30-13/h6-10,14,17,29H,23H2,1H3,(H2,22,24)(H,25,27)(H,26,28)/t14-,19?/m1/s1. The highest BCUT2D eigenvalue weighted by Gasteiger charge is 2.44. The van der Waals surface area contributed by atoms with Crippen LogP contribution < -0.4 is 22.3 Å². The maximum absolute atomic E-state index is 13.1. The molecule has 2 aromatic rings. The molecule has 11 heteroatoms. The van der Waals surface area contributed by atoms with Crippen LogP contribution in [0, 0.1) is 23.7 Å². The van der Waals surface area contributed by atoms with Crippen molar-refractivity contribution < 1.29 is 23.6 Å². The fourth-order valence-electron chi connectivity index (χ4n) is 2.16. The third-order valence-corrected chi connectivity index (χ3v) is 4.61. The van der Waals surface area contributed by atoms with Crippen LogP contribution in [0.3, 0.4) is 0 Å². The van der Waals surface area contributed by atoms with E-state index in [9.17, 15) is 18.4 Å². The van der Waals surface area contributed by atoms with Gasteiger partial charge in [0, 0.05) is 11.1 Å². The second kappa shape index (κ2) is 9.80. The SMILES string of the molecule is CC(N)(C(F)F)[C@H](NC(=O)c1ccc(C#CC#Cc2cnc(N)s2)cc1)C(=O)NO. The Balaban J connectivity index is 2.10. The Labute approximate surface area is 174 Å². The summed E-state index contributed by atoms with van der Waals surface area (Å²) in [4.78, 5) is 28.6. The topological polar surface area (TPSA) is 143 Å². The number of rotatable bonds is 5. The number of aromatic nitrogens is 1. The van der Waals surface area contributed by atoms with Gasteiger partial charge >= 0.3 is 0 Å². The number of hydroxylamine groups is 1. The molecule has 1 aromatic carbocycles. The van der Waals surface area contributed by atoms with Crippen LogP contribution in [0.25, 0.3) is 0 Å². The molecular formula is C19H17F2N5O3S. The second-order valence-corrected chi connectivity index (χ2v) is 7.25. The number of carbonyl (C=O) groups excluding carboxylic acids is 2. The number of nitrogens with zero attached hydrogens (tertiary/aromatic N) is 1. The molecule has 0 aliphatic carbocycles. The quantitative estimate of drug-likeness (QED) is 0.267. The largest absolute Gasteiger partial charge is 0.375 e. The van der Waals surface area contributed by atoms with Gasteiger partial charge in [-0.25, -0.2) is 19.2 Å². The highest BCUT2D eigenvalue weighted by molar-refractivity contribution is 7.15. The number of nitrogens with one attached hydrogen (secondary N) is 2. The third kappa shape index (κ3) is 5.75. The van der Waals surface area contributed by atoms with Gasteiger partial charge in [0.25, 0.3) is 18.2 Å². The van der Waals surface area contributed by atoms with Gasteiger partial charge in [-0.1, -0.05) is 17.3 Å². The van der Waals surface area contributed by atoms with E-state index in [1.807, 2.05) is 0 Å². The minimum absolute atomic E-state index is 0.0765. The Kier molecular flexibility index (Phi) is 7.44. The van der Waals surface area contributed by atoms with E-state index in [1.165, 1.54) is 47.3 Å². The van der Waals surface area contributed by atoms with Gasteiger partial charge < -0.3 is 16.8 Å². The smallest absolute Gasteiger partial charge is 0.268 e. The fourth-order valence-corrected chi connectivity index (χ4v) is 2.69. The summed E-state index contributed by atoms with van der Waals surface area (Å²) < 4.78 is 26.3. The summed E-state index contributed by atoms with van der Waals surface area (Å²) in [7, 11) is 0. The average Bonchev–Trinajstić information content (AvgIpc) is 3.13. The normalized spacial score (nSPS) is 13.1. The third-order valence-electron chi connectivity index (χ3n) is 3.87. The molecule has 2 amide bonds. The first-order valence-corrected chi connectivity index (χ1v) is 9.12. The summed E-state index contributed by atoms with van der Waals surface area (Å²) in [6.07, 6.45) is -1.60. The van der Waals surface area contributed by atoms with Crippen LogP contribution >= 0.6 is 11.3 Å². The number of hydrogen-bond acceptors (Lipinski definition) is 7. The highest BCUT2D eigenvalue weighted by atomic mass is 32.1. The van der Waals surface area contributed by atoms with Crippen molar-refractivity contribution in [2.24, 2.45) is 5.73 Å². The monoisotopic (exact) mass is 433 g/mol. The molecule has 1 aromatic heterocycles. The number of thiazole rings is 1. The fraction of sp³-hybridized carbons (Fsp3) is 0.211. The van der Waals surface area contributed by atoms with Crippen LogP contribution in [-0.4, -0.2) is 40.0 Å². The van der Waals surface area contributed by atoms with E-state index in [1.54, 1.807) is 0 Å². The molecule has 0 radical (unpaired) electrons. The van der Waals surface area contributed by atoms with E-state index in [4.69, 9.17) is 16.7 Å². The molecule has 30 heavy (non-hydrogen) atoms. The van der Waals surface area contributed by atoms with E-state index in [0.29, 0.717) is 15.6 Å². The summed E-state index contributed by atoms with van der Waals surface area (Å²) in [5, 5.41) is 11.3. The van der Waals surface area contributed by atoms with Crippen molar-refractivity contribution in [3.8, 4) is 23.7 Å². The van der Waals surface area contributed by atoms with Gasteiger partial charge in [-0.3, -0.25) is 14.8 Å². The van der Waals surface area contributed by atoms with Crippen molar-refractivity contribution in [3.05, 3.63) is 46.5 Å². The lowest BCUT2D eigenvalue weighted by molar-refractivity contribution is -0.134. The number of halogens is 2. The number of nitrogen functional groups attached to an aromatic ring is 1. The molecular weight excluding hydrogens is 416 g/mol. The van der Waals surface area contributed by atoms with Crippen LogP contribution in [-0.2, 0) is 4.79 Å². The molecule has 0 bridgehead atoms. The summed E-state index contributed by atoms with van der Waals surface area (Å²) >= 11 is 1.23. The van der Waals surface area contributed by atoms with E-state index in [2.05, 4.69) is 34.0 Å². The Hall–Kier alpha value is -3.51. The molecule has 7 N–H and O–H groups in total. The van der Waals surface area contributed by atoms with Crippen molar-refractivity contribution in [1.29, 1.82) is 0 Å². The Bertz CT molecular complexity index is 1050. The highest BCUT2D eigenvalue weighted by Crippen LogP contribution is 2.18. The summed E-state index contributed by atoms with van der Waals surface area (Å²) in [6, 6.07) is 3.95. The molecule has 1 unspecified atom stereocenters. The minimum atomic E-state index is -3.14. The number of anilines is 1. The van der Waals surface area contributed by atoms with E-state index < -0.39 is 29.8 Å². The lowest BCUT2D eigenvalue weighted by Crippen LogP contribution is -2.66. The van der Waals surface area contributed by atoms with Crippen LogP contribution in [0.2, 0.25) is 0 Å². The molecule has 0 saturated carbocycles. The van der Waals surface area contributed by atoms with Gasteiger partial charge in [-0.15, -0.1) is 0 Å². The van der Waals surface area contributed by atoms with Gasteiger partial charge in [-0.2, -0.15) is 0 Å². The number of amides is 2. The van der Waals surface area contributed by atoms with E-state index in [0.717, 1.165) is 6.92 Å². The zero-order valence-electron chi connectivity index (χ0n) is 15.6. The van der Waals surface area contributed by atoms with Crippen LogP contribution in [0.4, 0.5) is 13.9 Å². The van der Waals surface area contributed by atoms with Crippen molar-refractivity contribution >= 4 is 28.3 Å². The summed E-state index contributed by atoms with van der Waals surface area (Å²) in [5.41, 5.74) is 10.4. The Morgan fingerprint density at radius 3 is 2.40 bits per heavy atom. The van der Waals surface area contributed by atoms with E-state index in [-0.39, 0.29) is 5.56 Å². The zero-order chi connectivity index (χ0) is 22.3. The lowest BCUT2D eigenvalue weighted by Gasteiger charge is -2.32. The summed E-state index contributed by atoms with van der Waals surface area (Å²) in [6.45, 7) is 0.887. The van der Waals surface area contributed by atoms with Crippen molar-refractivity contribution in [1.82, 2.24) is 15.8 Å². The second-order valence-electron chi connectivity index (χ2n) is 6.19. The van der Waals surface area contributed by atoms with Crippen LogP contribution in [0.5, 0.6) is 0 Å². The van der Waals surface area contributed by atoms with Crippen molar-refractivity contribution in [3.63, 3.8) is 0 Å². The number of benzene rings is 1. The average molecular weight is 433 g/mol. The van der Waals surface area contributed by atoms with Gasteiger partial charge in [0.15, 0.2) is 5.13 Å².